The first-order chi connectivity index (χ1) is 14.5. The molecular weight excluding hydrogens is 382 g/mol. The maximum atomic E-state index is 12.6. The maximum Gasteiger partial charge on any atom is 0.255 e. The van der Waals surface area contributed by atoms with E-state index >= 15 is 0 Å². The number of hydrogen-bond donors (Lipinski definition) is 1. The van der Waals surface area contributed by atoms with Crippen LogP contribution in [0.25, 0.3) is 11.0 Å². The summed E-state index contributed by atoms with van der Waals surface area (Å²) in [5.74, 6) is -0.0997. The van der Waals surface area contributed by atoms with E-state index < -0.39 is 6.09 Å². The van der Waals surface area contributed by atoms with Gasteiger partial charge >= 0.3 is 0 Å². The fraction of sp³-hybridized carbons (Fsp3) is 0.273. The van der Waals surface area contributed by atoms with Gasteiger partial charge in [0, 0.05) is 37.3 Å². The van der Waals surface area contributed by atoms with Crippen molar-refractivity contribution in [1.29, 1.82) is 5.26 Å². The quantitative estimate of drug-likeness (QED) is 0.721. The van der Waals surface area contributed by atoms with Crippen LogP contribution in [-0.2, 0) is 7.05 Å². The SMILES string of the molecule is Cn1cc(C2CCN(C(=O)[O-])CC2)c2cc(NC(=O)c3cccc(C#N)c3)cnc21. The second-order valence-corrected chi connectivity index (χ2v) is 7.46. The van der Waals surface area contributed by atoms with Gasteiger partial charge in [-0.25, -0.2) is 4.98 Å². The summed E-state index contributed by atoms with van der Waals surface area (Å²) in [6.07, 6.45) is 3.93. The van der Waals surface area contributed by atoms with E-state index in [9.17, 15) is 14.7 Å². The number of carbonyl (C=O) groups excluding carboxylic acids is 2. The van der Waals surface area contributed by atoms with Crippen molar-refractivity contribution in [3.05, 3.63) is 59.4 Å². The molecular formula is C22H20N5O3-. The average Bonchev–Trinajstić information content (AvgIpc) is 3.09. The summed E-state index contributed by atoms with van der Waals surface area (Å²) in [6.45, 7) is 0.894. The number of fused-ring (bicyclic) bond motifs is 1. The van der Waals surface area contributed by atoms with E-state index in [1.54, 1.807) is 30.5 Å². The van der Waals surface area contributed by atoms with Crippen LogP contribution in [0.3, 0.4) is 0 Å². The van der Waals surface area contributed by atoms with E-state index in [0.717, 1.165) is 16.6 Å². The van der Waals surface area contributed by atoms with Crippen LogP contribution in [-0.4, -0.2) is 39.5 Å². The van der Waals surface area contributed by atoms with Crippen LogP contribution in [0.15, 0.2) is 42.7 Å². The number of nitrogens with zero attached hydrogens (tertiary/aromatic N) is 4. The predicted molar refractivity (Wildman–Crippen MR) is 109 cm³/mol. The number of rotatable bonds is 3. The lowest BCUT2D eigenvalue weighted by Gasteiger charge is -2.33. The van der Waals surface area contributed by atoms with Gasteiger partial charge in [-0.1, -0.05) is 6.07 Å². The molecule has 8 heteroatoms. The van der Waals surface area contributed by atoms with Gasteiger partial charge in [-0.15, -0.1) is 0 Å². The van der Waals surface area contributed by atoms with Crippen LogP contribution in [0.2, 0.25) is 0 Å². The summed E-state index contributed by atoms with van der Waals surface area (Å²) in [4.78, 5) is 29.5. The molecule has 2 amide bonds. The van der Waals surface area contributed by atoms with Crippen molar-refractivity contribution in [2.45, 2.75) is 18.8 Å². The Kier molecular flexibility index (Phi) is 5.11. The highest BCUT2D eigenvalue weighted by atomic mass is 16.4. The molecule has 0 aliphatic carbocycles. The normalized spacial score (nSPS) is 14.5. The van der Waals surface area contributed by atoms with Crippen molar-refractivity contribution >= 4 is 28.7 Å². The molecule has 1 aliphatic heterocycles. The summed E-state index contributed by atoms with van der Waals surface area (Å²) < 4.78 is 1.94. The molecule has 3 heterocycles. The van der Waals surface area contributed by atoms with Crippen molar-refractivity contribution in [3.8, 4) is 6.07 Å². The molecule has 4 rings (SSSR count). The Hall–Kier alpha value is -3.86. The topological polar surface area (TPSA) is 114 Å². The zero-order valence-electron chi connectivity index (χ0n) is 16.5. The van der Waals surface area contributed by atoms with Crippen LogP contribution >= 0.6 is 0 Å². The third-order valence-corrected chi connectivity index (χ3v) is 5.55. The van der Waals surface area contributed by atoms with Gasteiger partial charge in [-0.3, -0.25) is 4.79 Å². The first-order valence-electron chi connectivity index (χ1n) is 9.68. The molecule has 2 aromatic heterocycles. The number of carbonyl (C=O) groups is 2. The molecule has 30 heavy (non-hydrogen) atoms. The number of carboxylic acid groups (broad SMARTS) is 1. The lowest BCUT2D eigenvalue weighted by atomic mass is 9.89. The van der Waals surface area contributed by atoms with Crippen LogP contribution in [0, 0.1) is 11.3 Å². The number of likely N-dealkylation sites (tertiary alicyclic amines) is 1. The molecule has 1 fully saturated rings. The summed E-state index contributed by atoms with van der Waals surface area (Å²) in [6, 6.07) is 10.4. The molecule has 0 radical (unpaired) electrons. The molecule has 1 aromatic carbocycles. The van der Waals surface area contributed by atoms with Gasteiger partial charge in [0.15, 0.2) is 0 Å². The van der Waals surface area contributed by atoms with Crippen molar-refractivity contribution in [2.24, 2.45) is 7.05 Å². The molecule has 0 unspecified atom stereocenters. The van der Waals surface area contributed by atoms with Gasteiger partial charge in [0.25, 0.3) is 5.91 Å². The van der Waals surface area contributed by atoms with Gasteiger partial charge in [-0.2, -0.15) is 5.26 Å². The van der Waals surface area contributed by atoms with Gasteiger partial charge in [0.05, 0.1) is 23.5 Å². The fourth-order valence-electron chi connectivity index (χ4n) is 3.99. The second kappa shape index (κ2) is 7.87. The highest BCUT2D eigenvalue weighted by Crippen LogP contribution is 2.34. The molecule has 0 saturated carbocycles. The Labute approximate surface area is 173 Å². The van der Waals surface area contributed by atoms with Gasteiger partial charge in [0.1, 0.15) is 11.7 Å². The van der Waals surface area contributed by atoms with Gasteiger partial charge < -0.3 is 24.7 Å². The number of nitrogens with one attached hydrogen (secondary N) is 1. The molecule has 1 saturated heterocycles. The number of anilines is 1. The van der Waals surface area contributed by atoms with E-state index in [-0.39, 0.29) is 11.8 Å². The highest BCUT2D eigenvalue weighted by molar-refractivity contribution is 6.05. The lowest BCUT2D eigenvalue weighted by molar-refractivity contribution is -0.266. The molecule has 0 spiro atoms. The van der Waals surface area contributed by atoms with Crippen molar-refractivity contribution < 1.29 is 14.7 Å². The average molecular weight is 402 g/mol. The van der Waals surface area contributed by atoms with E-state index in [1.807, 2.05) is 29.9 Å². The minimum absolute atomic E-state index is 0.212. The van der Waals surface area contributed by atoms with Crippen molar-refractivity contribution in [3.63, 3.8) is 0 Å². The van der Waals surface area contributed by atoms with E-state index in [0.29, 0.717) is 42.7 Å². The van der Waals surface area contributed by atoms with E-state index in [1.165, 1.54) is 4.90 Å². The van der Waals surface area contributed by atoms with Crippen LogP contribution in [0.5, 0.6) is 0 Å². The molecule has 0 bridgehead atoms. The Bertz CT molecular complexity index is 1170. The standard InChI is InChI=1S/C22H21N5O3/c1-26-13-19(15-5-7-27(8-6-15)22(29)30)18-10-17(12-24-20(18)26)25-21(28)16-4-2-3-14(9-16)11-23/h2-4,9-10,12-13,15H,5-8H2,1H3,(H,25,28)(H,29,30)/p-1. The number of aromatic nitrogens is 2. The monoisotopic (exact) mass is 402 g/mol. The fourth-order valence-corrected chi connectivity index (χ4v) is 3.99. The summed E-state index contributed by atoms with van der Waals surface area (Å²) in [7, 11) is 1.92. The molecule has 152 valence electrons. The summed E-state index contributed by atoms with van der Waals surface area (Å²) in [5.41, 5.74) is 3.29. The number of hydrogen-bond acceptors (Lipinski definition) is 5. The minimum atomic E-state index is -1.13. The minimum Gasteiger partial charge on any atom is -0.530 e. The highest BCUT2D eigenvalue weighted by Gasteiger charge is 2.24. The van der Waals surface area contributed by atoms with Crippen LogP contribution in [0.4, 0.5) is 10.5 Å². The first kappa shape index (κ1) is 19.5. The number of piperidine rings is 1. The number of aryl methyl sites for hydroxylation is 1. The maximum absolute atomic E-state index is 12.6. The Morgan fingerprint density at radius 1 is 1.27 bits per heavy atom. The number of pyridine rings is 1. The van der Waals surface area contributed by atoms with Gasteiger partial charge in [0.2, 0.25) is 0 Å². The number of nitriles is 1. The lowest BCUT2D eigenvalue weighted by Crippen LogP contribution is -2.45. The molecule has 1 N–H and O–H groups in total. The molecule has 3 aromatic rings. The molecule has 8 nitrogen and oxygen atoms in total. The van der Waals surface area contributed by atoms with Crippen LogP contribution < -0.4 is 10.4 Å². The first-order valence-corrected chi connectivity index (χ1v) is 9.68. The largest absolute Gasteiger partial charge is 0.530 e. The third-order valence-electron chi connectivity index (χ3n) is 5.55. The third kappa shape index (κ3) is 3.70. The Morgan fingerprint density at radius 3 is 2.73 bits per heavy atom. The number of amides is 2. The molecule has 1 aliphatic rings. The second-order valence-electron chi connectivity index (χ2n) is 7.46. The summed E-state index contributed by atoms with van der Waals surface area (Å²) >= 11 is 0. The smallest absolute Gasteiger partial charge is 0.255 e. The predicted octanol–water partition coefficient (Wildman–Crippen LogP) is 2.22. The zero-order chi connectivity index (χ0) is 21.3. The Morgan fingerprint density at radius 2 is 2.03 bits per heavy atom. The zero-order valence-corrected chi connectivity index (χ0v) is 16.5. The van der Waals surface area contributed by atoms with Crippen molar-refractivity contribution in [2.75, 3.05) is 18.4 Å². The van der Waals surface area contributed by atoms with Gasteiger partial charge in [-0.05, 0) is 48.6 Å². The number of benzene rings is 1. The summed E-state index contributed by atoms with van der Waals surface area (Å²) in [5, 5.41) is 23.9. The molecule has 0 atom stereocenters. The van der Waals surface area contributed by atoms with Crippen LogP contribution in [0.1, 0.15) is 40.2 Å². The van der Waals surface area contributed by atoms with Crippen molar-refractivity contribution in [1.82, 2.24) is 14.5 Å². The van der Waals surface area contributed by atoms with E-state index in [2.05, 4.69) is 10.3 Å². The van der Waals surface area contributed by atoms with E-state index in [4.69, 9.17) is 5.26 Å². The Balaban J connectivity index is 1.59.